The predicted octanol–water partition coefficient (Wildman–Crippen LogP) is 2.11. The Bertz CT molecular complexity index is 508. The first-order chi connectivity index (χ1) is 7.66. The predicted molar refractivity (Wildman–Crippen MR) is 64.0 cm³/mol. The van der Waals surface area contributed by atoms with Crippen molar-refractivity contribution < 1.29 is 4.79 Å². The number of nitrogen functional groups attached to an aromatic ring is 1. The first kappa shape index (κ1) is 10.6. The fraction of sp³-hybridized carbons (Fsp3) is 0. The number of rotatable bonds is 2. The van der Waals surface area contributed by atoms with Gasteiger partial charge in [0.1, 0.15) is 0 Å². The van der Waals surface area contributed by atoms with Gasteiger partial charge in [-0.1, -0.05) is 11.6 Å². The largest absolute Gasteiger partial charge is 0.398 e. The molecule has 0 fully saturated rings. The lowest BCUT2D eigenvalue weighted by Gasteiger charge is -2.07. The monoisotopic (exact) mass is 235 g/mol. The Hall–Kier alpha value is -1.94. The number of carbonyl (C=O) groups is 1. The Morgan fingerprint density at radius 2 is 2.00 bits per heavy atom. The Morgan fingerprint density at radius 3 is 2.62 bits per heavy atom. The average Bonchev–Trinajstić information content (AvgIpc) is 2.74. The molecule has 3 N–H and O–H groups in total. The molecule has 0 aliphatic rings. The van der Waals surface area contributed by atoms with E-state index < -0.39 is 0 Å². The molecule has 4 nitrogen and oxygen atoms in total. The van der Waals surface area contributed by atoms with E-state index in [4.69, 9.17) is 17.3 Å². The number of nitrogens with two attached hydrogens (primary N) is 1. The lowest BCUT2D eigenvalue weighted by Crippen LogP contribution is -2.21. The maximum atomic E-state index is 11.7. The van der Waals surface area contributed by atoms with Crippen molar-refractivity contribution in [1.29, 1.82) is 0 Å². The fourth-order valence-electron chi connectivity index (χ4n) is 1.28. The van der Waals surface area contributed by atoms with Gasteiger partial charge in [0.2, 0.25) is 0 Å². The number of benzene rings is 1. The number of nitrogens with one attached hydrogen (secondary N) is 1. The molecule has 82 valence electrons. The highest BCUT2D eigenvalue weighted by Gasteiger charge is 2.07. The minimum Gasteiger partial charge on any atom is -0.398 e. The average molecular weight is 236 g/mol. The number of amides is 1. The van der Waals surface area contributed by atoms with Gasteiger partial charge >= 0.3 is 0 Å². The van der Waals surface area contributed by atoms with Gasteiger partial charge in [-0.15, -0.1) is 0 Å². The van der Waals surface area contributed by atoms with Crippen LogP contribution in [0.2, 0.25) is 5.02 Å². The number of aromatic nitrogens is 1. The van der Waals surface area contributed by atoms with Gasteiger partial charge in [0, 0.05) is 18.0 Å². The molecule has 0 atom stereocenters. The number of hydrogen-bond acceptors (Lipinski definition) is 2. The van der Waals surface area contributed by atoms with Gasteiger partial charge in [-0.3, -0.25) is 14.9 Å². The maximum Gasteiger partial charge on any atom is 0.270 e. The minimum atomic E-state index is -0.237. The van der Waals surface area contributed by atoms with E-state index in [1.54, 1.807) is 35.3 Å². The van der Waals surface area contributed by atoms with Gasteiger partial charge in [-0.2, -0.15) is 0 Å². The molecule has 1 amide bonds. The van der Waals surface area contributed by atoms with E-state index in [-0.39, 0.29) is 5.91 Å². The molecule has 0 spiro atoms. The fourth-order valence-corrected chi connectivity index (χ4v) is 1.39. The number of hydrogen-bond donors (Lipinski definition) is 2. The van der Waals surface area contributed by atoms with Crippen molar-refractivity contribution in [3.63, 3.8) is 0 Å². The van der Waals surface area contributed by atoms with Crippen LogP contribution in [0.15, 0.2) is 42.7 Å². The van der Waals surface area contributed by atoms with Crippen molar-refractivity contribution in [2.24, 2.45) is 0 Å². The zero-order valence-electron chi connectivity index (χ0n) is 8.35. The molecule has 1 aromatic heterocycles. The Kier molecular flexibility index (Phi) is 2.83. The number of carbonyl (C=O) groups excluding carboxylic acids is 1. The molecule has 0 aliphatic heterocycles. The molecule has 0 unspecified atom stereocenters. The molecule has 0 aliphatic carbocycles. The van der Waals surface area contributed by atoms with Gasteiger partial charge in [0.15, 0.2) is 0 Å². The smallest absolute Gasteiger partial charge is 0.270 e. The van der Waals surface area contributed by atoms with Crippen molar-refractivity contribution in [3.05, 3.63) is 53.3 Å². The highest BCUT2D eigenvalue weighted by Crippen LogP contribution is 2.19. The van der Waals surface area contributed by atoms with Crippen molar-refractivity contribution >= 4 is 23.2 Å². The molecule has 0 saturated heterocycles. The van der Waals surface area contributed by atoms with E-state index in [1.807, 2.05) is 12.1 Å². The molecule has 0 bridgehead atoms. The summed E-state index contributed by atoms with van der Waals surface area (Å²) in [6.07, 6.45) is 3.47. The highest BCUT2D eigenvalue weighted by atomic mass is 35.5. The summed E-state index contributed by atoms with van der Waals surface area (Å²) in [5.41, 5.74) is 9.14. The molecular weight excluding hydrogens is 226 g/mol. The van der Waals surface area contributed by atoms with Gasteiger partial charge in [0.05, 0.1) is 10.7 Å². The van der Waals surface area contributed by atoms with Crippen LogP contribution < -0.4 is 11.2 Å². The first-order valence-electron chi connectivity index (χ1n) is 4.66. The molecular formula is C11H10ClN3O. The van der Waals surface area contributed by atoms with Crippen LogP contribution in [0, 0.1) is 0 Å². The molecule has 0 radical (unpaired) electrons. The lowest BCUT2D eigenvalue weighted by atomic mass is 10.2. The van der Waals surface area contributed by atoms with E-state index in [0.717, 1.165) is 0 Å². The van der Waals surface area contributed by atoms with Gasteiger partial charge in [-0.05, 0) is 30.3 Å². The second-order valence-electron chi connectivity index (χ2n) is 3.27. The highest BCUT2D eigenvalue weighted by molar-refractivity contribution is 6.33. The van der Waals surface area contributed by atoms with Crippen molar-refractivity contribution in [3.8, 4) is 0 Å². The van der Waals surface area contributed by atoms with E-state index in [9.17, 15) is 4.79 Å². The summed E-state index contributed by atoms with van der Waals surface area (Å²) >= 11 is 5.77. The molecule has 2 aromatic rings. The molecule has 2 rings (SSSR count). The normalized spacial score (nSPS) is 10.1. The second kappa shape index (κ2) is 4.28. The third-order valence-corrected chi connectivity index (χ3v) is 2.44. The van der Waals surface area contributed by atoms with E-state index in [0.29, 0.717) is 16.3 Å². The summed E-state index contributed by atoms with van der Waals surface area (Å²) < 4.78 is 1.56. The SMILES string of the molecule is Nc1cc(C(=O)Nn2cccc2)ccc1Cl. The van der Waals surface area contributed by atoms with Gasteiger partial charge in [-0.25, -0.2) is 0 Å². The van der Waals surface area contributed by atoms with Gasteiger partial charge in [0.25, 0.3) is 5.91 Å². The quantitative estimate of drug-likeness (QED) is 0.784. The van der Waals surface area contributed by atoms with Crippen LogP contribution in [-0.2, 0) is 0 Å². The Balaban J connectivity index is 2.18. The maximum absolute atomic E-state index is 11.7. The molecule has 1 heterocycles. The standard InChI is InChI=1S/C11H10ClN3O/c12-9-4-3-8(7-10(9)13)11(16)14-15-5-1-2-6-15/h1-7H,13H2,(H,14,16). The topological polar surface area (TPSA) is 60.1 Å². The van der Waals surface area contributed by atoms with E-state index in [1.165, 1.54) is 0 Å². The zero-order chi connectivity index (χ0) is 11.5. The molecule has 1 aromatic carbocycles. The Labute approximate surface area is 97.6 Å². The van der Waals surface area contributed by atoms with Crippen LogP contribution in [-0.4, -0.2) is 10.6 Å². The van der Waals surface area contributed by atoms with E-state index in [2.05, 4.69) is 5.43 Å². The first-order valence-corrected chi connectivity index (χ1v) is 5.04. The number of nitrogens with zero attached hydrogens (tertiary/aromatic N) is 1. The summed E-state index contributed by atoms with van der Waals surface area (Å²) in [5, 5.41) is 0.442. The summed E-state index contributed by atoms with van der Waals surface area (Å²) in [6, 6.07) is 8.40. The molecule has 0 saturated carbocycles. The van der Waals surface area contributed by atoms with Crippen LogP contribution in [0.4, 0.5) is 5.69 Å². The van der Waals surface area contributed by atoms with Crippen LogP contribution in [0.1, 0.15) is 10.4 Å². The van der Waals surface area contributed by atoms with Crippen molar-refractivity contribution in [2.45, 2.75) is 0 Å². The summed E-state index contributed by atoms with van der Waals surface area (Å²) in [7, 11) is 0. The zero-order valence-corrected chi connectivity index (χ0v) is 9.11. The van der Waals surface area contributed by atoms with Crippen LogP contribution in [0.3, 0.4) is 0 Å². The van der Waals surface area contributed by atoms with Crippen LogP contribution in [0.5, 0.6) is 0 Å². The van der Waals surface area contributed by atoms with Crippen LogP contribution >= 0.6 is 11.6 Å². The second-order valence-corrected chi connectivity index (χ2v) is 3.67. The Morgan fingerprint density at radius 1 is 1.31 bits per heavy atom. The summed E-state index contributed by atoms with van der Waals surface area (Å²) in [4.78, 5) is 11.7. The minimum absolute atomic E-state index is 0.237. The van der Waals surface area contributed by atoms with E-state index >= 15 is 0 Å². The summed E-state index contributed by atoms with van der Waals surface area (Å²) in [5.74, 6) is -0.237. The summed E-state index contributed by atoms with van der Waals surface area (Å²) in [6.45, 7) is 0. The third-order valence-electron chi connectivity index (χ3n) is 2.09. The third kappa shape index (κ3) is 2.17. The molecule has 5 heteroatoms. The van der Waals surface area contributed by atoms with Gasteiger partial charge < -0.3 is 5.73 Å². The van der Waals surface area contributed by atoms with Crippen LogP contribution in [0.25, 0.3) is 0 Å². The van der Waals surface area contributed by atoms with Crippen molar-refractivity contribution in [2.75, 3.05) is 11.2 Å². The lowest BCUT2D eigenvalue weighted by molar-refractivity contribution is 0.101. The molecule has 16 heavy (non-hydrogen) atoms. The number of halogens is 1. The van der Waals surface area contributed by atoms with Crippen molar-refractivity contribution in [1.82, 2.24) is 4.68 Å². The number of anilines is 1.